The highest BCUT2D eigenvalue weighted by Gasteiger charge is 2.40. The van der Waals surface area contributed by atoms with Gasteiger partial charge in [-0.25, -0.2) is 0 Å². The molecule has 138 valence electrons. The zero-order chi connectivity index (χ0) is 17.6. The molecule has 1 saturated carbocycles. The summed E-state index contributed by atoms with van der Waals surface area (Å²) < 4.78 is 2.31. The first-order chi connectivity index (χ1) is 12.8. The summed E-state index contributed by atoms with van der Waals surface area (Å²) in [6, 6.07) is 7.33. The van der Waals surface area contributed by atoms with Gasteiger partial charge < -0.3 is 10.2 Å². The topological polar surface area (TPSA) is 51.4 Å². The van der Waals surface area contributed by atoms with Crippen LogP contribution in [0.25, 0.3) is 10.9 Å². The van der Waals surface area contributed by atoms with Crippen LogP contribution in [0.3, 0.4) is 0 Å². The smallest absolute Gasteiger partial charge is 0.145 e. The highest BCUT2D eigenvalue weighted by molar-refractivity contribution is 6.04. The minimum absolute atomic E-state index is 0.0736. The van der Waals surface area contributed by atoms with Crippen molar-refractivity contribution in [3.8, 4) is 0 Å². The van der Waals surface area contributed by atoms with Gasteiger partial charge >= 0.3 is 0 Å². The van der Waals surface area contributed by atoms with Gasteiger partial charge in [0.15, 0.2) is 0 Å². The van der Waals surface area contributed by atoms with Gasteiger partial charge in [-0.1, -0.05) is 37.1 Å². The number of benzene rings is 1. The number of oxime groups is 1. The lowest BCUT2D eigenvalue weighted by atomic mass is 9.86. The van der Waals surface area contributed by atoms with Crippen molar-refractivity contribution in [3.63, 3.8) is 0 Å². The van der Waals surface area contributed by atoms with Crippen molar-refractivity contribution in [2.75, 3.05) is 13.1 Å². The summed E-state index contributed by atoms with van der Waals surface area (Å²) in [6.07, 6.45) is 9.15. The third kappa shape index (κ3) is 2.64. The largest absolute Gasteiger partial charge is 0.388 e. The number of aryl methyl sites for hydroxylation is 1. The Bertz CT molecular complexity index is 841. The minimum atomic E-state index is -0.0736. The second kappa shape index (κ2) is 6.38. The summed E-state index contributed by atoms with van der Waals surface area (Å²) in [7, 11) is 0. The van der Waals surface area contributed by atoms with Crippen molar-refractivity contribution in [2.45, 2.75) is 69.9 Å². The van der Waals surface area contributed by atoms with Crippen LogP contribution >= 0.6 is 0 Å². The Morgan fingerprint density at radius 2 is 2.04 bits per heavy atom. The highest BCUT2D eigenvalue weighted by atomic mass is 16.7. The van der Waals surface area contributed by atoms with Crippen molar-refractivity contribution in [1.29, 1.82) is 0 Å². The SMILES string of the molecule is CCc1nn(C2CCCC2)c2cc(C3=NOC4(CCNCC4)C3)ccc12. The van der Waals surface area contributed by atoms with Gasteiger partial charge in [0.05, 0.1) is 23.0 Å². The van der Waals surface area contributed by atoms with Crippen LogP contribution in [0, 0.1) is 0 Å². The first kappa shape index (κ1) is 16.3. The maximum absolute atomic E-state index is 5.94. The number of nitrogens with one attached hydrogen (secondary N) is 1. The maximum Gasteiger partial charge on any atom is 0.145 e. The molecular formula is C21H28N4O. The fourth-order valence-electron chi connectivity index (χ4n) is 4.90. The molecule has 1 aliphatic carbocycles. The Balaban J connectivity index is 1.50. The van der Waals surface area contributed by atoms with E-state index in [1.807, 2.05) is 0 Å². The van der Waals surface area contributed by atoms with Gasteiger partial charge in [0.2, 0.25) is 0 Å². The molecule has 1 spiro atoms. The molecule has 2 aromatic rings. The molecule has 0 amide bonds. The van der Waals surface area contributed by atoms with Gasteiger partial charge in [0.1, 0.15) is 5.60 Å². The van der Waals surface area contributed by atoms with Gasteiger partial charge in [-0.3, -0.25) is 4.68 Å². The normalized spacial score (nSPS) is 22.9. The predicted molar refractivity (Wildman–Crippen MR) is 104 cm³/mol. The zero-order valence-electron chi connectivity index (χ0n) is 15.6. The Kier molecular flexibility index (Phi) is 4.00. The van der Waals surface area contributed by atoms with E-state index in [9.17, 15) is 0 Å². The van der Waals surface area contributed by atoms with E-state index in [1.165, 1.54) is 47.8 Å². The molecule has 5 nitrogen and oxygen atoms in total. The van der Waals surface area contributed by atoms with E-state index in [1.54, 1.807) is 0 Å². The number of hydrogen-bond donors (Lipinski definition) is 1. The van der Waals surface area contributed by atoms with Crippen LogP contribution < -0.4 is 5.32 Å². The van der Waals surface area contributed by atoms with Crippen LogP contribution in [0.2, 0.25) is 0 Å². The van der Waals surface area contributed by atoms with E-state index in [-0.39, 0.29) is 5.60 Å². The lowest BCUT2D eigenvalue weighted by Crippen LogP contribution is -2.42. The lowest BCUT2D eigenvalue weighted by Gasteiger charge is -2.30. The number of nitrogens with zero attached hydrogens (tertiary/aromatic N) is 3. The summed E-state index contributed by atoms with van der Waals surface area (Å²) in [4.78, 5) is 5.94. The Morgan fingerprint density at radius 3 is 2.81 bits per heavy atom. The third-order valence-corrected chi connectivity index (χ3v) is 6.48. The Hall–Kier alpha value is -1.88. The van der Waals surface area contributed by atoms with Crippen LogP contribution in [0.15, 0.2) is 23.4 Å². The van der Waals surface area contributed by atoms with E-state index >= 15 is 0 Å². The molecule has 5 heteroatoms. The molecule has 0 radical (unpaired) electrons. The molecule has 5 rings (SSSR count). The molecule has 0 atom stereocenters. The molecule has 1 saturated heterocycles. The van der Waals surface area contributed by atoms with E-state index in [2.05, 4.69) is 40.3 Å². The molecule has 1 aromatic heterocycles. The van der Waals surface area contributed by atoms with Crippen molar-refractivity contribution < 1.29 is 4.84 Å². The van der Waals surface area contributed by atoms with Gasteiger partial charge in [0, 0.05) is 30.2 Å². The second-order valence-corrected chi connectivity index (χ2v) is 8.15. The fraction of sp³-hybridized carbons (Fsp3) is 0.619. The molecule has 2 aliphatic heterocycles. The van der Waals surface area contributed by atoms with Crippen molar-refractivity contribution in [3.05, 3.63) is 29.5 Å². The number of hydrogen-bond acceptors (Lipinski definition) is 4. The molecule has 3 heterocycles. The molecule has 2 fully saturated rings. The summed E-state index contributed by atoms with van der Waals surface area (Å²) in [5.74, 6) is 0. The third-order valence-electron chi connectivity index (χ3n) is 6.48. The fourth-order valence-corrected chi connectivity index (χ4v) is 4.90. The van der Waals surface area contributed by atoms with Crippen molar-refractivity contribution in [1.82, 2.24) is 15.1 Å². The molecular weight excluding hydrogens is 324 g/mol. The molecule has 26 heavy (non-hydrogen) atoms. The number of rotatable bonds is 3. The van der Waals surface area contributed by atoms with E-state index in [0.29, 0.717) is 6.04 Å². The summed E-state index contributed by atoms with van der Waals surface area (Å²) in [5.41, 5.74) is 4.73. The quantitative estimate of drug-likeness (QED) is 0.910. The van der Waals surface area contributed by atoms with Crippen LogP contribution in [0.5, 0.6) is 0 Å². The number of aromatic nitrogens is 2. The average molecular weight is 352 g/mol. The number of piperidine rings is 1. The monoisotopic (exact) mass is 352 g/mol. The summed E-state index contributed by atoms with van der Waals surface area (Å²) in [5, 5.41) is 14.2. The van der Waals surface area contributed by atoms with Crippen molar-refractivity contribution >= 4 is 16.6 Å². The van der Waals surface area contributed by atoms with Crippen LogP contribution in [0.4, 0.5) is 0 Å². The maximum atomic E-state index is 5.94. The molecule has 0 unspecified atom stereocenters. The minimum Gasteiger partial charge on any atom is -0.388 e. The Morgan fingerprint density at radius 1 is 1.23 bits per heavy atom. The van der Waals surface area contributed by atoms with Crippen LogP contribution in [-0.2, 0) is 11.3 Å². The first-order valence-corrected chi connectivity index (χ1v) is 10.3. The molecule has 0 bridgehead atoms. The predicted octanol–water partition coefficient (Wildman–Crippen LogP) is 3.96. The van der Waals surface area contributed by atoms with Gasteiger partial charge in [0.25, 0.3) is 0 Å². The standard InChI is InChI=1S/C21H28N4O/c1-2-18-17-8-7-15(13-20(17)25(23-18)16-5-3-4-6-16)19-14-21(26-24-19)9-11-22-12-10-21/h7-8,13,16,22H,2-6,9-12,14H2,1H3. The van der Waals surface area contributed by atoms with E-state index in [0.717, 1.165) is 44.5 Å². The highest BCUT2D eigenvalue weighted by Crippen LogP contribution is 2.36. The summed E-state index contributed by atoms with van der Waals surface area (Å²) >= 11 is 0. The number of fused-ring (bicyclic) bond motifs is 1. The van der Waals surface area contributed by atoms with Gasteiger partial charge in [-0.2, -0.15) is 5.10 Å². The van der Waals surface area contributed by atoms with E-state index in [4.69, 9.17) is 9.94 Å². The second-order valence-electron chi connectivity index (χ2n) is 8.15. The van der Waals surface area contributed by atoms with Crippen molar-refractivity contribution in [2.24, 2.45) is 5.16 Å². The summed E-state index contributed by atoms with van der Waals surface area (Å²) in [6.45, 7) is 4.25. The molecule has 3 aliphatic rings. The van der Waals surface area contributed by atoms with Gasteiger partial charge in [-0.15, -0.1) is 0 Å². The Labute approximate surface area is 154 Å². The molecule has 1 N–H and O–H groups in total. The first-order valence-electron chi connectivity index (χ1n) is 10.3. The van der Waals surface area contributed by atoms with Crippen LogP contribution in [-0.4, -0.2) is 34.2 Å². The molecule has 1 aromatic carbocycles. The van der Waals surface area contributed by atoms with Gasteiger partial charge in [-0.05, 0) is 38.4 Å². The van der Waals surface area contributed by atoms with E-state index < -0.39 is 0 Å². The van der Waals surface area contributed by atoms with Crippen LogP contribution in [0.1, 0.15) is 69.2 Å². The average Bonchev–Trinajstić information content (AvgIpc) is 3.40. The zero-order valence-corrected chi connectivity index (χ0v) is 15.6. The lowest BCUT2D eigenvalue weighted by molar-refractivity contribution is -0.0400.